The van der Waals surface area contributed by atoms with Crippen LogP contribution in [-0.4, -0.2) is 32.1 Å². The Labute approximate surface area is 164 Å². The predicted molar refractivity (Wildman–Crippen MR) is 114 cm³/mol. The summed E-state index contributed by atoms with van der Waals surface area (Å²) in [5, 5.41) is 4.86. The molecule has 0 radical (unpaired) electrons. The van der Waals surface area contributed by atoms with Gasteiger partial charge in [0.2, 0.25) is 0 Å². The third-order valence-electron chi connectivity index (χ3n) is 4.88. The number of piperazine rings is 1. The van der Waals surface area contributed by atoms with E-state index in [1.165, 1.54) is 28.3 Å². The molecule has 1 amide bonds. The van der Waals surface area contributed by atoms with Crippen LogP contribution in [0.1, 0.15) is 15.2 Å². The molecule has 0 saturated carbocycles. The molecule has 2 heterocycles. The number of carbonyl (C=O) groups is 1. The molecule has 2 aromatic carbocycles. The molecule has 4 rings (SSSR count). The third-order valence-corrected chi connectivity index (χ3v) is 5.75. The average Bonchev–Trinajstić information content (AvgIpc) is 3.24. The van der Waals surface area contributed by atoms with Gasteiger partial charge in [-0.25, -0.2) is 0 Å². The van der Waals surface area contributed by atoms with E-state index in [-0.39, 0.29) is 5.91 Å². The number of thiophene rings is 1. The van der Waals surface area contributed by atoms with Crippen LogP contribution in [0, 0.1) is 6.92 Å². The molecule has 0 bridgehead atoms. The van der Waals surface area contributed by atoms with Gasteiger partial charge in [-0.3, -0.25) is 4.79 Å². The smallest absolute Gasteiger partial charge is 0.265 e. The molecule has 1 aliphatic heterocycles. The lowest BCUT2D eigenvalue weighted by Gasteiger charge is -2.37. The van der Waals surface area contributed by atoms with Crippen molar-refractivity contribution in [2.75, 3.05) is 41.3 Å². The Morgan fingerprint density at radius 3 is 2.22 bits per heavy atom. The van der Waals surface area contributed by atoms with Crippen LogP contribution in [0.5, 0.6) is 0 Å². The number of carbonyl (C=O) groups excluding carboxylic acids is 1. The summed E-state index contributed by atoms with van der Waals surface area (Å²) in [5.74, 6) is -0.0514. The first-order valence-electron chi connectivity index (χ1n) is 9.20. The molecule has 27 heavy (non-hydrogen) atoms. The van der Waals surface area contributed by atoms with Gasteiger partial charge in [0.05, 0.1) is 4.88 Å². The second-order valence-corrected chi connectivity index (χ2v) is 7.74. The summed E-state index contributed by atoms with van der Waals surface area (Å²) in [5.41, 5.74) is 4.64. The molecule has 4 nitrogen and oxygen atoms in total. The maximum absolute atomic E-state index is 12.1. The number of nitrogens with zero attached hydrogens (tertiary/aromatic N) is 2. The fourth-order valence-corrected chi connectivity index (χ4v) is 4.02. The predicted octanol–water partition coefficient (Wildman–Crippen LogP) is 4.64. The molecule has 1 fully saturated rings. The van der Waals surface area contributed by atoms with Crippen molar-refractivity contribution in [3.05, 3.63) is 76.5 Å². The number of amides is 1. The SMILES string of the molecule is Cc1cccc(N2CCN(c3ccc(NC(=O)c4cccs4)cc3)CC2)c1. The molecule has 0 atom stereocenters. The summed E-state index contributed by atoms with van der Waals surface area (Å²) in [4.78, 5) is 17.7. The summed E-state index contributed by atoms with van der Waals surface area (Å²) >= 11 is 1.45. The number of hydrogen-bond acceptors (Lipinski definition) is 4. The number of aryl methyl sites for hydroxylation is 1. The zero-order valence-corrected chi connectivity index (χ0v) is 16.2. The molecular weight excluding hydrogens is 354 g/mol. The summed E-state index contributed by atoms with van der Waals surface area (Å²) < 4.78 is 0. The molecule has 1 aliphatic rings. The highest BCUT2D eigenvalue weighted by atomic mass is 32.1. The van der Waals surface area contributed by atoms with Gasteiger partial charge in [0.25, 0.3) is 5.91 Å². The fraction of sp³-hybridized carbons (Fsp3) is 0.227. The molecule has 1 saturated heterocycles. The summed E-state index contributed by atoms with van der Waals surface area (Å²) in [6.07, 6.45) is 0. The Kier molecular flexibility index (Phi) is 5.12. The lowest BCUT2D eigenvalue weighted by molar-refractivity contribution is 0.103. The number of benzene rings is 2. The monoisotopic (exact) mass is 377 g/mol. The van der Waals surface area contributed by atoms with Crippen LogP contribution in [0.25, 0.3) is 0 Å². The van der Waals surface area contributed by atoms with E-state index in [0.29, 0.717) is 0 Å². The van der Waals surface area contributed by atoms with E-state index in [1.807, 2.05) is 29.6 Å². The van der Waals surface area contributed by atoms with Gasteiger partial charge in [0.1, 0.15) is 0 Å². The van der Waals surface area contributed by atoms with Gasteiger partial charge in [-0.15, -0.1) is 11.3 Å². The van der Waals surface area contributed by atoms with Crippen molar-refractivity contribution in [3.63, 3.8) is 0 Å². The zero-order chi connectivity index (χ0) is 18.6. The molecule has 0 unspecified atom stereocenters. The Balaban J connectivity index is 1.35. The second kappa shape index (κ2) is 7.84. The highest BCUT2D eigenvalue weighted by Gasteiger charge is 2.17. The highest BCUT2D eigenvalue weighted by molar-refractivity contribution is 7.12. The first kappa shape index (κ1) is 17.6. The maximum Gasteiger partial charge on any atom is 0.265 e. The van der Waals surface area contributed by atoms with Crippen LogP contribution in [0.15, 0.2) is 66.0 Å². The van der Waals surface area contributed by atoms with Crippen molar-refractivity contribution in [3.8, 4) is 0 Å². The Morgan fingerprint density at radius 1 is 0.889 bits per heavy atom. The molecule has 0 aliphatic carbocycles. The van der Waals surface area contributed by atoms with Crippen molar-refractivity contribution in [1.29, 1.82) is 0 Å². The standard InChI is InChI=1S/C22H23N3OS/c1-17-4-2-5-20(16-17)25-13-11-24(12-14-25)19-9-7-18(8-10-19)23-22(26)21-6-3-15-27-21/h2-10,15-16H,11-14H2,1H3,(H,23,26). The van der Waals surface area contributed by atoms with Crippen molar-refractivity contribution in [1.82, 2.24) is 0 Å². The average molecular weight is 378 g/mol. The lowest BCUT2D eigenvalue weighted by atomic mass is 10.1. The van der Waals surface area contributed by atoms with E-state index in [0.717, 1.165) is 36.7 Å². The van der Waals surface area contributed by atoms with Crippen molar-refractivity contribution in [2.45, 2.75) is 6.92 Å². The van der Waals surface area contributed by atoms with Crippen LogP contribution in [0.4, 0.5) is 17.1 Å². The number of anilines is 3. The van der Waals surface area contributed by atoms with E-state index < -0.39 is 0 Å². The second-order valence-electron chi connectivity index (χ2n) is 6.79. The van der Waals surface area contributed by atoms with E-state index >= 15 is 0 Å². The Morgan fingerprint density at radius 2 is 1.59 bits per heavy atom. The zero-order valence-electron chi connectivity index (χ0n) is 15.4. The molecule has 1 N–H and O–H groups in total. The summed E-state index contributed by atoms with van der Waals surface area (Å²) in [7, 11) is 0. The minimum Gasteiger partial charge on any atom is -0.368 e. The lowest BCUT2D eigenvalue weighted by Crippen LogP contribution is -2.46. The topological polar surface area (TPSA) is 35.6 Å². The van der Waals surface area contributed by atoms with Gasteiger partial charge in [0.15, 0.2) is 0 Å². The third kappa shape index (κ3) is 4.14. The molecule has 138 valence electrons. The Hall–Kier alpha value is -2.79. The van der Waals surface area contributed by atoms with Gasteiger partial charge >= 0.3 is 0 Å². The Bertz CT molecular complexity index is 898. The van der Waals surface area contributed by atoms with E-state index in [1.54, 1.807) is 0 Å². The van der Waals surface area contributed by atoms with Gasteiger partial charge < -0.3 is 15.1 Å². The van der Waals surface area contributed by atoms with Crippen molar-refractivity contribution >= 4 is 34.3 Å². The van der Waals surface area contributed by atoms with E-state index in [2.05, 4.69) is 58.4 Å². The van der Waals surface area contributed by atoms with Crippen molar-refractivity contribution in [2.24, 2.45) is 0 Å². The molecule has 0 spiro atoms. The van der Waals surface area contributed by atoms with Crippen LogP contribution >= 0.6 is 11.3 Å². The summed E-state index contributed by atoms with van der Waals surface area (Å²) in [6, 6.07) is 20.6. The number of rotatable bonds is 4. The largest absolute Gasteiger partial charge is 0.368 e. The van der Waals surface area contributed by atoms with E-state index in [4.69, 9.17) is 0 Å². The van der Waals surface area contributed by atoms with E-state index in [9.17, 15) is 4.79 Å². The van der Waals surface area contributed by atoms with Crippen molar-refractivity contribution < 1.29 is 4.79 Å². The molecule has 5 heteroatoms. The highest BCUT2D eigenvalue weighted by Crippen LogP contribution is 2.23. The minimum absolute atomic E-state index is 0.0514. The maximum atomic E-state index is 12.1. The van der Waals surface area contributed by atoms with Gasteiger partial charge in [-0.2, -0.15) is 0 Å². The summed E-state index contributed by atoms with van der Waals surface area (Å²) in [6.45, 7) is 6.16. The molecule has 3 aromatic rings. The van der Waals surface area contributed by atoms with Crippen LogP contribution in [0.3, 0.4) is 0 Å². The normalized spacial score (nSPS) is 14.3. The molecular formula is C22H23N3OS. The molecule has 1 aromatic heterocycles. The minimum atomic E-state index is -0.0514. The number of nitrogens with one attached hydrogen (secondary N) is 1. The van der Waals surface area contributed by atoms with Crippen LogP contribution < -0.4 is 15.1 Å². The van der Waals surface area contributed by atoms with Gasteiger partial charge in [-0.1, -0.05) is 18.2 Å². The fourth-order valence-electron chi connectivity index (χ4n) is 3.40. The number of hydrogen-bond donors (Lipinski definition) is 1. The van der Waals surface area contributed by atoms with Crippen LogP contribution in [0.2, 0.25) is 0 Å². The van der Waals surface area contributed by atoms with Gasteiger partial charge in [0, 0.05) is 43.2 Å². The van der Waals surface area contributed by atoms with Gasteiger partial charge in [-0.05, 0) is 60.3 Å². The first-order valence-corrected chi connectivity index (χ1v) is 10.1. The first-order chi connectivity index (χ1) is 13.2. The van der Waals surface area contributed by atoms with Crippen LogP contribution in [-0.2, 0) is 0 Å². The quantitative estimate of drug-likeness (QED) is 0.720.